The van der Waals surface area contributed by atoms with Gasteiger partial charge in [-0.15, -0.1) is 12.4 Å². The summed E-state index contributed by atoms with van der Waals surface area (Å²) in [4.78, 5) is 0. The van der Waals surface area contributed by atoms with E-state index < -0.39 is 0 Å². The summed E-state index contributed by atoms with van der Waals surface area (Å²) in [5.41, 5.74) is 2.29. The molecule has 1 atom stereocenters. The lowest BCUT2D eigenvalue weighted by atomic mass is 10.0. The molecule has 96 valence electrons. The van der Waals surface area contributed by atoms with E-state index in [1.807, 2.05) is 36.4 Å². The van der Waals surface area contributed by atoms with Gasteiger partial charge in [-0.05, 0) is 41.8 Å². The molecule has 0 aromatic heterocycles. The fourth-order valence-corrected chi connectivity index (χ4v) is 2.17. The molecule has 2 aromatic rings. The molecule has 0 saturated heterocycles. The summed E-state index contributed by atoms with van der Waals surface area (Å²) < 4.78 is 0. The number of thiol groups is 1. The van der Waals surface area contributed by atoms with E-state index in [9.17, 15) is 5.11 Å². The van der Waals surface area contributed by atoms with Crippen molar-refractivity contribution in [1.82, 2.24) is 0 Å². The van der Waals surface area contributed by atoms with Crippen molar-refractivity contribution >= 4 is 36.6 Å². The van der Waals surface area contributed by atoms with Crippen LogP contribution in [-0.4, -0.2) is 5.11 Å². The molecule has 1 nitrogen and oxygen atoms in total. The number of hydrogen-bond acceptors (Lipinski definition) is 2. The maximum atomic E-state index is 9.22. The molecule has 4 heteroatoms. The number of hydrogen-bond donors (Lipinski definition) is 2. The first-order chi connectivity index (χ1) is 8.15. The summed E-state index contributed by atoms with van der Waals surface area (Å²) in [6, 6.07) is 14.9. The zero-order chi connectivity index (χ0) is 12.3. The van der Waals surface area contributed by atoms with Gasteiger partial charge in [0.1, 0.15) is 5.75 Å². The van der Waals surface area contributed by atoms with E-state index in [1.54, 1.807) is 12.1 Å². The van der Waals surface area contributed by atoms with Crippen molar-refractivity contribution in [3.05, 3.63) is 64.7 Å². The van der Waals surface area contributed by atoms with Crippen LogP contribution < -0.4 is 0 Å². The fourth-order valence-electron chi connectivity index (χ4n) is 1.66. The van der Waals surface area contributed by atoms with E-state index in [-0.39, 0.29) is 23.4 Å². The van der Waals surface area contributed by atoms with E-state index >= 15 is 0 Å². The summed E-state index contributed by atoms with van der Waals surface area (Å²) >= 11 is 10.4. The van der Waals surface area contributed by atoms with Crippen LogP contribution in [-0.2, 0) is 6.42 Å². The van der Waals surface area contributed by atoms with Crippen molar-refractivity contribution in [1.29, 1.82) is 0 Å². The van der Waals surface area contributed by atoms with E-state index in [0.717, 1.165) is 17.0 Å². The normalized spacial score (nSPS) is 11.7. The predicted octanol–water partition coefficient (Wildman–Crippen LogP) is 4.68. The molecule has 0 bridgehead atoms. The second-order valence-electron chi connectivity index (χ2n) is 3.94. The molecule has 1 unspecified atom stereocenters. The smallest absolute Gasteiger partial charge is 0.115 e. The van der Waals surface area contributed by atoms with Gasteiger partial charge in [0.2, 0.25) is 0 Å². The molecule has 0 heterocycles. The maximum absolute atomic E-state index is 9.22. The SMILES string of the molecule is Cl.Oc1ccc(C(S)Cc2ccc(Cl)cc2)cc1. The van der Waals surface area contributed by atoms with Gasteiger partial charge in [0.25, 0.3) is 0 Å². The molecule has 0 aliphatic carbocycles. The van der Waals surface area contributed by atoms with Gasteiger partial charge in [-0.3, -0.25) is 0 Å². The number of halogens is 2. The third-order valence-corrected chi connectivity index (χ3v) is 3.35. The van der Waals surface area contributed by atoms with Crippen molar-refractivity contribution in [2.45, 2.75) is 11.7 Å². The van der Waals surface area contributed by atoms with Crippen LogP contribution in [0, 0.1) is 0 Å². The molecule has 2 aromatic carbocycles. The van der Waals surface area contributed by atoms with Gasteiger partial charge in [-0.1, -0.05) is 35.9 Å². The van der Waals surface area contributed by atoms with Crippen LogP contribution in [0.1, 0.15) is 16.4 Å². The summed E-state index contributed by atoms with van der Waals surface area (Å²) in [6.45, 7) is 0. The number of benzene rings is 2. The molecule has 0 radical (unpaired) electrons. The number of phenols is 1. The van der Waals surface area contributed by atoms with Crippen molar-refractivity contribution in [3.8, 4) is 5.75 Å². The minimum absolute atomic E-state index is 0. The van der Waals surface area contributed by atoms with Crippen molar-refractivity contribution < 1.29 is 5.11 Å². The van der Waals surface area contributed by atoms with Crippen molar-refractivity contribution in [2.75, 3.05) is 0 Å². The van der Waals surface area contributed by atoms with Gasteiger partial charge in [0, 0.05) is 10.3 Å². The molecular weight excluding hydrogens is 287 g/mol. The van der Waals surface area contributed by atoms with E-state index in [2.05, 4.69) is 12.6 Å². The highest BCUT2D eigenvalue weighted by Crippen LogP contribution is 2.26. The minimum atomic E-state index is 0. The van der Waals surface area contributed by atoms with Gasteiger partial charge in [0.15, 0.2) is 0 Å². The molecule has 0 aliphatic heterocycles. The van der Waals surface area contributed by atoms with Crippen LogP contribution in [0.4, 0.5) is 0 Å². The molecule has 0 spiro atoms. The monoisotopic (exact) mass is 300 g/mol. The number of aromatic hydroxyl groups is 1. The molecule has 1 N–H and O–H groups in total. The Morgan fingerprint density at radius 2 is 1.56 bits per heavy atom. The largest absolute Gasteiger partial charge is 0.508 e. The van der Waals surface area contributed by atoms with Gasteiger partial charge >= 0.3 is 0 Å². The Morgan fingerprint density at radius 3 is 2.11 bits per heavy atom. The second-order valence-corrected chi connectivity index (χ2v) is 5.00. The molecule has 2 rings (SSSR count). The minimum Gasteiger partial charge on any atom is -0.508 e. The topological polar surface area (TPSA) is 20.2 Å². The Kier molecular flexibility index (Phi) is 5.86. The van der Waals surface area contributed by atoms with Crippen molar-refractivity contribution in [3.63, 3.8) is 0 Å². The second kappa shape index (κ2) is 6.93. The standard InChI is InChI=1S/C14H13ClOS.ClH/c15-12-5-1-10(2-6-12)9-14(17)11-3-7-13(16)8-4-11;/h1-8,14,16-17H,9H2;1H. The Bertz CT molecular complexity index is 482. The molecule has 0 aliphatic rings. The fraction of sp³-hybridized carbons (Fsp3) is 0.143. The third kappa shape index (κ3) is 4.13. The van der Waals surface area contributed by atoms with Gasteiger partial charge in [-0.25, -0.2) is 0 Å². The van der Waals surface area contributed by atoms with E-state index in [1.165, 1.54) is 5.56 Å². The molecule has 0 saturated carbocycles. The lowest BCUT2D eigenvalue weighted by Gasteiger charge is -2.11. The molecule has 0 fully saturated rings. The van der Waals surface area contributed by atoms with Crippen LogP contribution in [0.25, 0.3) is 0 Å². The Morgan fingerprint density at radius 1 is 1.00 bits per heavy atom. The zero-order valence-electron chi connectivity index (χ0n) is 9.58. The van der Waals surface area contributed by atoms with Crippen LogP contribution in [0.3, 0.4) is 0 Å². The first kappa shape index (κ1) is 15.2. The number of phenolic OH excluding ortho intramolecular Hbond substituents is 1. The number of rotatable bonds is 3. The third-order valence-electron chi connectivity index (χ3n) is 2.62. The Labute approximate surface area is 124 Å². The van der Waals surface area contributed by atoms with Gasteiger partial charge in [0.05, 0.1) is 0 Å². The summed E-state index contributed by atoms with van der Waals surface area (Å²) in [7, 11) is 0. The average molecular weight is 301 g/mol. The summed E-state index contributed by atoms with van der Waals surface area (Å²) in [6.07, 6.45) is 0.838. The molecule has 18 heavy (non-hydrogen) atoms. The first-order valence-corrected chi connectivity index (χ1v) is 6.26. The van der Waals surface area contributed by atoms with E-state index in [4.69, 9.17) is 11.6 Å². The zero-order valence-corrected chi connectivity index (χ0v) is 12.1. The Hall–Kier alpha value is -0.830. The first-order valence-electron chi connectivity index (χ1n) is 5.36. The lowest BCUT2D eigenvalue weighted by molar-refractivity contribution is 0.475. The van der Waals surface area contributed by atoms with E-state index in [0.29, 0.717) is 0 Å². The summed E-state index contributed by atoms with van der Waals surface area (Å²) in [5.74, 6) is 0.278. The highest BCUT2D eigenvalue weighted by molar-refractivity contribution is 7.80. The van der Waals surface area contributed by atoms with Crippen LogP contribution in [0.5, 0.6) is 5.75 Å². The maximum Gasteiger partial charge on any atom is 0.115 e. The van der Waals surface area contributed by atoms with Crippen LogP contribution in [0.2, 0.25) is 5.02 Å². The van der Waals surface area contributed by atoms with Gasteiger partial charge in [-0.2, -0.15) is 12.6 Å². The van der Waals surface area contributed by atoms with Crippen LogP contribution in [0.15, 0.2) is 48.5 Å². The molecule has 0 amide bonds. The average Bonchev–Trinajstić information content (AvgIpc) is 2.33. The van der Waals surface area contributed by atoms with Crippen molar-refractivity contribution in [2.24, 2.45) is 0 Å². The lowest BCUT2D eigenvalue weighted by Crippen LogP contribution is -1.95. The van der Waals surface area contributed by atoms with Crippen LogP contribution >= 0.6 is 36.6 Å². The summed E-state index contributed by atoms with van der Waals surface area (Å²) in [5, 5.41) is 10.1. The predicted molar refractivity (Wildman–Crippen MR) is 82.2 cm³/mol. The highest BCUT2D eigenvalue weighted by Gasteiger charge is 2.07. The van der Waals surface area contributed by atoms with Gasteiger partial charge < -0.3 is 5.11 Å². The Balaban J connectivity index is 0.00000162. The molecular formula is C14H14Cl2OS. The highest BCUT2D eigenvalue weighted by atomic mass is 35.5. The quantitative estimate of drug-likeness (QED) is 0.789.